The standard InChI is InChI=1S/C10H16N5O14P3.3Na/c11-10-13-7-4(8(18)14-10)12-2-15(7)9-6(17)5(16)3(27-9)1-26-31(22,23)29-32(24,25)28-30(19,20)21;;;/h2-3,5-6,9,16-17H,1H2,(H,22,23)(H,24,25)(H2,19,20,21)(H3,11,13,14,18);;;/q;3*+1/p-3/t3-,5+,6?,9-;;;/m1.../s1. The summed E-state index contributed by atoms with van der Waals surface area (Å²) in [4.78, 5) is 63.2. The van der Waals surface area contributed by atoms with E-state index in [0.29, 0.717) is 0 Å². The van der Waals surface area contributed by atoms with Gasteiger partial charge in [-0.05, 0) is 0 Å². The number of nitrogen functional groups attached to an aromatic ring is 1. The van der Waals surface area contributed by atoms with Crippen LogP contribution in [0.15, 0.2) is 11.1 Å². The van der Waals surface area contributed by atoms with Gasteiger partial charge < -0.3 is 44.8 Å². The number of nitrogens with two attached hydrogens (primary N) is 1. The first-order valence-corrected chi connectivity index (χ1v) is 12.5. The Balaban J connectivity index is 0.00000385. The number of phosphoric acid groups is 3. The minimum Gasteiger partial charge on any atom is -0.756 e. The van der Waals surface area contributed by atoms with Gasteiger partial charge in [0.25, 0.3) is 29.0 Å². The molecule has 1 aliphatic heterocycles. The molecule has 1 aliphatic rings. The van der Waals surface area contributed by atoms with Gasteiger partial charge in [0.05, 0.1) is 12.9 Å². The third-order valence-corrected chi connectivity index (χ3v) is 7.55. The predicted octanol–water partition coefficient (Wildman–Crippen LogP) is -13.2. The summed E-state index contributed by atoms with van der Waals surface area (Å²) in [5.41, 5.74) is 4.41. The number of aromatic amines is 1. The van der Waals surface area contributed by atoms with Crippen molar-refractivity contribution in [3.8, 4) is 0 Å². The second-order valence-electron chi connectivity index (χ2n) is 6.14. The Morgan fingerprint density at radius 2 is 1.71 bits per heavy atom. The number of aromatic nitrogens is 4. The van der Waals surface area contributed by atoms with Crippen LogP contribution in [0.3, 0.4) is 0 Å². The summed E-state index contributed by atoms with van der Waals surface area (Å²) < 4.78 is 50.3. The van der Waals surface area contributed by atoms with Gasteiger partial charge in [-0.25, -0.2) is 13.6 Å². The number of aliphatic hydroxyl groups excluding tert-OH is 2. The SMILES string of the molecule is Nc1nc2c(ncn2[C@@H]2O[C@H](COP(=O)([O-])OP(=O)([O-])OP(=O)([O-])O)[C@H](O)C2O)c(=O)[nH]1.[Na+].[Na+].[Na+]. The van der Waals surface area contributed by atoms with E-state index < -0.39 is 60.2 Å². The molecule has 0 bridgehead atoms. The number of imidazole rings is 1. The average Bonchev–Trinajstić information content (AvgIpc) is 3.12. The Morgan fingerprint density at radius 3 is 2.29 bits per heavy atom. The Morgan fingerprint density at radius 1 is 1.11 bits per heavy atom. The quantitative estimate of drug-likeness (QED) is 0.141. The van der Waals surface area contributed by atoms with E-state index in [1.165, 1.54) is 0 Å². The van der Waals surface area contributed by atoms with Crippen molar-refractivity contribution >= 4 is 40.6 Å². The van der Waals surface area contributed by atoms with E-state index in [9.17, 15) is 43.4 Å². The van der Waals surface area contributed by atoms with E-state index in [1.54, 1.807) is 0 Å². The molecule has 0 saturated carbocycles. The third kappa shape index (κ3) is 9.54. The van der Waals surface area contributed by atoms with Gasteiger partial charge >= 0.3 is 88.7 Å². The van der Waals surface area contributed by atoms with Crippen LogP contribution in [0.1, 0.15) is 6.23 Å². The van der Waals surface area contributed by atoms with Crippen molar-refractivity contribution in [1.29, 1.82) is 0 Å². The van der Waals surface area contributed by atoms with Crippen molar-refractivity contribution in [3.05, 3.63) is 16.7 Å². The second kappa shape index (κ2) is 13.7. The number of phosphoric ester groups is 1. The monoisotopic (exact) mass is 589 g/mol. The fourth-order valence-corrected chi connectivity index (χ4v) is 5.57. The smallest absolute Gasteiger partial charge is 0.756 e. The van der Waals surface area contributed by atoms with Gasteiger partial charge in [-0.1, -0.05) is 0 Å². The molecular weight excluding hydrogens is 576 g/mol. The maximum Gasteiger partial charge on any atom is 1.00 e. The van der Waals surface area contributed by atoms with E-state index in [0.717, 1.165) is 10.9 Å². The molecular formula is C10H13N5Na3O14P3. The van der Waals surface area contributed by atoms with E-state index in [4.69, 9.17) is 15.4 Å². The molecule has 0 aliphatic carbocycles. The summed E-state index contributed by atoms with van der Waals surface area (Å²) in [6.07, 6.45) is -5.57. The van der Waals surface area contributed by atoms with Crippen molar-refractivity contribution in [2.45, 2.75) is 24.5 Å². The van der Waals surface area contributed by atoms with Crippen molar-refractivity contribution in [2.24, 2.45) is 0 Å². The zero-order valence-corrected chi connectivity index (χ0v) is 26.9. The first kappa shape index (κ1) is 36.4. The third-order valence-electron chi connectivity index (χ3n) is 3.86. The normalized spacial score (nSPS) is 26.9. The molecule has 180 valence electrons. The topological polar surface area (TPSA) is 308 Å². The maximum atomic E-state index is 11.8. The van der Waals surface area contributed by atoms with Crippen molar-refractivity contribution < 1.29 is 150 Å². The Kier molecular flexibility index (Phi) is 14.2. The zero-order valence-electron chi connectivity index (χ0n) is 18.2. The van der Waals surface area contributed by atoms with E-state index in [2.05, 4.69) is 28.1 Å². The minimum atomic E-state index is -6.11. The van der Waals surface area contributed by atoms with Crippen LogP contribution in [0.2, 0.25) is 0 Å². The van der Waals surface area contributed by atoms with Gasteiger partial charge in [-0.2, -0.15) is 4.98 Å². The van der Waals surface area contributed by atoms with E-state index in [1.807, 2.05) is 0 Å². The molecule has 3 rings (SSSR count). The Bertz CT molecular complexity index is 1220. The summed E-state index contributed by atoms with van der Waals surface area (Å²) in [5, 5.41) is 20.3. The van der Waals surface area contributed by atoms with Gasteiger partial charge in [0.2, 0.25) is 5.95 Å². The number of fused-ring (bicyclic) bond motifs is 1. The number of nitrogens with zero attached hydrogens (tertiary/aromatic N) is 3. The number of rotatable bonds is 8. The molecule has 35 heavy (non-hydrogen) atoms. The van der Waals surface area contributed by atoms with Crippen LogP contribution in [0.4, 0.5) is 5.95 Å². The molecule has 0 radical (unpaired) electrons. The molecule has 0 aromatic carbocycles. The van der Waals surface area contributed by atoms with Crippen LogP contribution < -0.4 is 115 Å². The van der Waals surface area contributed by atoms with Gasteiger partial charge in [0, 0.05) is 0 Å². The zero-order chi connectivity index (χ0) is 24.1. The van der Waals surface area contributed by atoms with Crippen LogP contribution in [-0.4, -0.2) is 59.5 Å². The predicted molar refractivity (Wildman–Crippen MR) is 91.6 cm³/mol. The number of hydrogen-bond donors (Lipinski definition) is 5. The van der Waals surface area contributed by atoms with Crippen LogP contribution in [0.25, 0.3) is 11.2 Å². The summed E-state index contributed by atoms with van der Waals surface area (Å²) in [5.74, 6) is -0.295. The van der Waals surface area contributed by atoms with Crippen LogP contribution >= 0.6 is 23.5 Å². The minimum absolute atomic E-state index is 0. The van der Waals surface area contributed by atoms with Gasteiger partial charge in [0.15, 0.2) is 17.4 Å². The molecule has 4 unspecified atom stereocenters. The van der Waals surface area contributed by atoms with E-state index >= 15 is 0 Å². The number of hydrogen-bond acceptors (Lipinski definition) is 16. The van der Waals surface area contributed by atoms with Crippen molar-refractivity contribution in [3.63, 3.8) is 0 Å². The molecule has 19 nitrogen and oxygen atoms in total. The summed E-state index contributed by atoms with van der Waals surface area (Å²) in [6.45, 7) is -1.12. The number of aliphatic hydroxyl groups is 2. The number of nitrogens with one attached hydrogen (secondary N) is 1. The van der Waals surface area contributed by atoms with Gasteiger partial charge in [0.1, 0.15) is 18.3 Å². The number of anilines is 1. The molecule has 25 heteroatoms. The first-order chi connectivity index (χ1) is 14.6. The molecule has 1 saturated heterocycles. The molecule has 2 aromatic rings. The number of H-pyrrole nitrogens is 1. The molecule has 6 N–H and O–H groups in total. The second-order valence-corrected chi connectivity index (χ2v) is 10.4. The largest absolute Gasteiger partial charge is 1.00 e. The summed E-state index contributed by atoms with van der Waals surface area (Å²) in [7, 11) is -17.8. The van der Waals surface area contributed by atoms with Crippen LogP contribution in [0, 0.1) is 0 Å². The first-order valence-electron chi connectivity index (χ1n) is 8.05. The van der Waals surface area contributed by atoms with Gasteiger partial charge in [-0.15, -0.1) is 0 Å². The van der Waals surface area contributed by atoms with Crippen LogP contribution in [0.5, 0.6) is 0 Å². The van der Waals surface area contributed by atoms with E-state index in [-0.39, 0.29) is 106 Å². The average molecular weight is 589 g/mol. The van der Waals surface area contributed by atoms with Crippen molar-refractivity contribution in [2.75, 3.05) is 12.3 Å². The van der Waals surface area contributed by atoms with Crippen molar-refractivity contribution in [1.82, 2.24) is 19.5 Å². The molecule has 0 amide bonds. The Hall–Kier alpha value is 1.44. The fraction of sp³-hybridized carbons (Fsp3) is 0.500. The molecule has 7 atom stereocenters. The Labute approximate surface area is 261 Å². The fourth-order valence-electron chi connectivity index (χ4n) is 2.68. The maximum absolute atomic E-state index is 11.8. The molecule has 3 heterocycles. The molecule has 2 aromatic heterocycles. The molecule has 1 fully saturated rings. The number of ether oxygens (including phenoxy) is 1. The van der Waals surface area contributed by atoms with Gasteiger partial charge in [-0.3, -0.25) is 28.0 Å². The molecule has 0 spiro atoms. The summed E-state index contributed by atoms with van der Waals surface area (Å²) >= 11 is 0. The summed E-state index contributed by atoms with van der Waals surface area (Å²) in [6, 6.07) is 0. The van der Waals surface area contributed by atoms with Crippen LogP contribution in [-0.2, 0) is 31.6 Å².